The molecule has 1 aliphatic carbocycles. The van der Waals surface area contributed by atoms with E-state index in [0.717, 1.165) is 6.42 Å². The lowest BCUT2D eigenvalue weighted by Crippen LogP contribution is -2.38. The van der Waals surface area contributed by atoms with Gasteiger partial charge in [0.15, 0.2) is 0 Å². The van der Waals surface area contributed by atoms with E-state index in [9.17, 15) is 9.59 Å². The zero-order chi connectivity index (χ0) is 14.2. The van der Waals surface area contributed by atoms with Gasteiger partial charge in [-0.05, 0) is 24.7 Å². The van der Waals surface area contributed by atoms with Crippen molar-refractivity contribution >= 4 is 11.9 Å². The summed E-state index contributed by atoms with van der Waals surface area (Å²) < 4.78 is 0. The number of aliphatic carboxylic acids is 1. The molecule has 4 heteroatoms. The Bertz CT molecular complexity index is 349. The van der Waals surface area contributed by atoms with Crippen LogP contribution in [0.1, 0.15) is 41.0 Å². The van der Waals surface area contributed by atoms with Crippen molar-refractivity contribution in [1.82, 2.24) is 4.90 Å². The van der Waals surface area contributed by atoms with E-state index in [2.05, 4.69) is 13.8 Å². The van der Waals surface area contributed by atoms with E-state index in [1.165, 1.54) is 0 Å². The van der Waals surface area contributed by atoms with Crippen LogP contribution in [0, 0.1) is 23.2 Å². The van der Waals surface area contributed by atoms with E-state index in [1.807, 2.05) is 20.8 Å². The molecule has 1 N–H and O–H groups in total. The van der Waals surface area contributed by atoms with Crippen molar-refractivity contribution in [2.45, 2.75) is 47.1 Å². The largest absolute Gasteiger partial charge is 0.481 e. The number of carboxylic acids is 1. The van der Waals surface area contributed by atoms with Gasteiger partial charge >= 0.3 is 5.97 Å². The maximum atomic E-state index is 12.3. The predicted molar refractivity (Wildman–Crippen MR) is 70.1 cm³/mol. The van der Waals surface area contributed by atoms with E-state index in [0.29, 0.717) is 5.92 Å². The summed E-state index contributed by atoms with van der Waals surface area (Å²) >= 11 is 0. The van der Waals surface area contributed by atoms with Gasteiger partial charge in [0.2, 0.25) is 5.91 Å². The quantitative estimate of drug-likeness (QED) is 0.819. The summed E-state index contributed by atoms with van der Waals surface area (Å²) in [6, 6.07) is 0.156. The van der Waals surface area contributed by atoms with Gasteiger partial charge in [-0.2, -0.15) is 0 Å². The van der Waals surface area contributed by atoms with E-state index in [-0.39, 0.29) is 17.9 Å². The molecule has 0 aromatic heterocycles. The number of nitrogens with zero attached hydrogens (tertiary/aromatic N) is 1. The molecule has 3 unspecified atom stereocenters. The van der Waals surface area contributed by atoms with Crippen molar-refractivity contribution in [3.8, 4) is 0 Å². The normalized spacial score (nSPS) is 26.8. The molecule has 0 aliphatic heterocycles. The van der Waals surface area contributed by atoms with Crippen LogP contribution in [0.2, 0.25) is 0 Å². The van der Waals surface area contributed by atoms with Gasteiger partial charge < -0.3 is 10.0 Å². The van der Waals surface area contributed by atoms with Gasteiger partial charge in [0.25, 0.3) is 0 Å². The summed E-state index contributed by atoms with van der Waals surface area (Å²) in [5, 5.41) is 9.10. The Hall–Kier alpha value is -1.06. The van der Waals surface area contributed by atoms with Gasteiger partial charge in [-0.3, -0.25) is 9.59 Å². The molecule has 1 aliphatic rings. The van der Waals surface area contributed by atoms with Crippen LogP contribution < -0.4 is 0 Å². The first-order valence-electron chi connectivity index (χ1n) is 6.60. The summed E-state index contributed by atoms with van der Waals surface area (Å²) in [4.78, 5) is 25.1. The topological polar surface area (TPSA) is 57.6 Å². The minimum atomic E-state index is -0.858. The van der Waals surface area contributed by atoms with E-state index in [1.54, 1.807) is 11.9 Å². The predicted octanol–water partition coefficient (Wildman–Crippen LogP) is 2.24. The molecule has 3 atom stereocenters. The Morgan fingerprint density at radius 2 is 1.72 bits per heavy atom. The molecule has 0 aromatic rings. The Morgan fingerprint density at radius 1 is 1.22 bits per heavy atom. The third kappa shape index (κ3) is 2.68. The van der Waals surface area contributed by atoms with Crippen LogP contribution in [0.3, 0.4) is 0 Å². The maximum absolute atomic E-state index is 12.3. The SMILES string of the molecule is CC(C)CC(C)N(C)C(=O)C1C(C(=O)O)C1(C)C. The highest BCUT2D eigenvalue weighted by Gasteiger charge is 2.66. The average Bonchev–Trinajstić information content (AvgIpc) is 2.78. The van der Waals surface area contributed by atoms with Gasteiger partial charge in [0.1, 0.15) is 0 Å². The number of hydrogen-bond donors (Lipinski definition) is 1. The summed E-state index contributed by atoms with van der Waals surface area (Å²) in [5.41, 5.74) is -0.408. The highest BCUT2D eigenvalue weighted by molar-refractivity contribution is 5.91. The fraction of sp³-hybridized carbons (Fsp3) is 0.857. The number of hydrogen-bond acceptors (Lipinski definition) is 2. The molecule has 0 bridgehead atoms. The summed E-state index contributed by atoms with van der Waals surface area (Å²) in [6.07, 6.45) is 0.938. The standard InChI is InChI=1S/C14H25NO3/c1-8(2)7-9(3)15(6)12(16)10-11(13(17)18)14(10,4)5/h8-11H,7H2,1-6H3,(H,17,18). The highest BCUT2D eigenvalue weighted by Crippen LogP contribution is 2.59. The van der Waals surface area contributed by atoms with Crippen molar-refractivity contribution in [1.29, 1.82) is 0 Å². The van der Waals surface area contributed by atoms with Crippen molar-refractivity contribution < 1.29 is 14.7 Å². The van der Waals surface area contributed by atoms with E-state index < -0.39 is 17.3 Å². The Kier molecular flexibility index (Phi) is 4.08. The molecular formula is C14H25NO3. The maximum Gasteiger partial charge on any atom is 0.307 e. The molecule has 1 rings (SSSR count). The Morgan fingerprint density at radius 3 is 2.06 bits per heavy atom. The Balaban J connectivity index is 2.69. The number of carbonyl (C=O) groups excluding carboxylic acids is 1. The molecule has 0 saturated heterocycles. The number of rotatable bonds is 5. The zero-order valence-electron chi connectivity index (χ0n) is 12.2. The number of carboxylic acid groups (broad SMARTS) is 1. The highest BCUT2D eigenvalue weighted by atomic mass is 16.4. The van der Waals surface area contributed by atoms with E-state index in [4.69, 9.17) is 5.11 Å². The minimum Gasteiger partial charge on any atom is -0.481 e. The second kappa shape index (κ2) is 4.90. The van der Waals surface area contributed by atoms with Crippen LogP contribution in [0.4, 0.5) is 0 Å². The van der Waals surface area contributed by atoms with Crippen LogP contribution in [0.25, 0.3) is 0 Å². The second-order valence-electron chi connectivity index (χ2n) is 6.54. The molecule has 0 heterocycles. The first-order valence-corrected chi connectivity index (χ1v) is 6.60. The van der Waals surface area contributed by atoms with Gasteiger partial charge in [0.05, 0.1) is 11.8 Å². The molecule has 1 fully saturated rings. The fourth-order valence-corrected chi connectivity index (χ4v) is 2.84. The first-order chi connectivity index (χ1) is 8.10. The van der Waals surface area contributed by atoms with E-state index >= 15 is 0 Å². The Labute approximate surface area is 109 Å². The molecule has 4 nitrogen and oxygen atoms in total. The molecule has 18 heavy (non-hydrogen) atoms. The monoisotopic (exact) mass is 255 g/mol. The molecule has 104 valence electrons. The summed E-state index contributed by atoms with van der Waals surface area (Å²) in [5.74, 6) is -1.25. The smallest absolute Gasteiger partial charge is 0.307 e. The van der Waals surface area contributed by atoms with Gasteiger partial charge in [-0.1, -0.05) is 27.7 Å². The van der Waals surface area contributed by atoms with Crippen molar-refractivity contribution in [3.63, 3.8) is 0 Å². The van der Waals surface area contributed by atoms with Crippen LogP contribution in [-0.4, -0.2) is 35.0 Å². The zero-order valence-corrected chi connectivity index (χ0v) is 12.2. The fourth-order valence-electron chi connectivity index (χ4n) is 2.84. The minimum absolute atomic E-state index is 0.0273. The molecule has 1 saturated carbocycles. The van der Waals surface area contributed by atoms with Gasteiger partial charge in [-0.25, -0.2) is 0 Å². The molecule has 0 aromatic carbocycles. The first kappa shape index (κ1) is 15.0. The lowest BCUT2D eigenvalue weighted by molar-refractivity contribution is -0.142. The van der Waals surface area contributed by atoms with Crippen LogP contribution >= 0.6 is 0 Å². The number of carbonyl (C=O) groups is 2. The van der Waals surface area contributed by atoms with Crippen molar-refractivity contribution in [2.75, 3.05) is 7.05 Å². The third-order valence-corrected chi connectivity index (χ3v) is 4.18. The lowest BCUT2D eigenvalue weighted by Gasteiger charge is -2.27. The van der Waals surface area contributed by atoms with Crippen LogP contribution in [0.15, 0.2) is 0 Å². The molecular weight excluding hydrogens is 230 g/mol. The summed E-state index contributed by atoms with van der Waals surface area (Å²) in [7, 11) is 1.78. The van der Waals surface area contributed by atoms with Crippen molar-refractivity contribution in [2.24, 2.45) is 23.2 Å². The molecule has 0 radical (unpaired) electrons. The van der Waals surface area contributed by atoms with Crippen LogP contribution in [0.5, 0.6) is 0 Å². The third-order valence-electron chi connectivity index (χ3n) is 4.18. The van der Waals surface area contributed by atoms with Gasteiger partial charge in [-0.15, -0.1) is 0 Å². The lowest BCUT2D eigenvalue weighted by atomic mass is 10.0. The second-order valence-corrected chi connectivity index (χ2v) is 6.54. The number of amides is 1. The van der Waals surface area contributed by atoms with Crippen LogP contribution in [-0.2, 0) is 9.59 Å². The van der Waals surface area contributed by atoms with Crippen molar-refractivity contribution in [3.05, 3.63) is 0 Å². The molecule has 1 amide bonds. The molecule has 0 spiro atoms. The average molecular weight is 255 g/mol. The summed E-state index contributed by atoms with van der Waals surface area (Å²) in [6.45, 7) is 9.97. The van der Waals surface area contributed by atoms with Gasteiger partial charge in [0, 0.05) is 13.1 Å².